The van der Waals surface area contributed by atoms with E-state index >= 15 is 0 Å². The molecule has 0 aliphatic carbocycles. The van der Waals surface area contributed by atoms with Crippen molar-refractivity contribution in [2.24, 2.45) is 0 Å². The summed E-state index contributed by atoms with van der Waals surface area (Å²) in [6.45, 7) is 3.48. The molecule has 0 spiro atoms. The summed E-state index contributed by atoms with van der Waals surface area (Å²) in [5.74, 6) is 0. The summed E-state index contributed by atoms with van der Waals surface area (Å²) in [5, 5.41) is 0. The third kappa shape index (κ3) is 3.28. The number of methoxy groups -OCH3 is 1. The standard InChI is InChI=1S/C14H13BO.C2H4O2/c1-15-14-9-12(7-8-13(14)10-16-15)11-5-3-2-4-6-11;1-4-2-3/h2-9H,10H2,1H3;2H,1H3. The van der Waals surface area contributed by atoms with Crippen molar-refractivity contribution < 1.29 is 14.2 Å². The lowest BCUT2D eigenvalue weighted by Gasteiger charge is -2.05. The topological polar surface area (TPSA) is 35.5 Å². The van der Waals surface area contributed by atoms with Gasteiger partial charge in [-0.3, -0.25) is 4.79 Å². The summed E-state index contributed by atoms with van der Waals surface area (Å²) in [7, 11) is 1.31. The van der Waals surface area contributed by atoms with Crippen LogP contribution in [0.2, 0.25) is 6.82 Å². The van der Waals surface area contributed by atoms with Gasteiger partial charge in [-0.1, -0.05) is 55.4 Å². The molecule has 1 aliphatic heterocycles. The van der Waals surface area contributed by atoms with Crippen LogP contribution in [0.25, 0.3) is 11.1 Å². The van der Waals surface area contributed by atoms with Crippen LogP contribution in [0.3, 0.4) is 0 Å². The Balaban J connectivity index is 0.000000328. The smallest absolute Gasteiger partial charge is 0.324 e. The molecule has 0 saturated carbocycles. The molecule has 2 aromatic carbocycles. The van der Waals surface area contributed by atoms with Crippen LogP contribution in [0.5, 0.6) is 0 Å². The van der Waals surface area contributed by atoms with E-state index in [-0.39, 0.29) is 6.92 Å². The lowest BCUT2D eigenvalue weighted by molar-refractivity contribution is -0.126. The number of hydrogen-bond acceptors (Lipinski definition) is 3. The van der Waals surface area contributed by atoms with Crippen molar-refractivity contribution in [1.82, 2.24) is 0 Å². The third-order valence-electron chi connectivity index (χ3n) is 3.28. The maximum Gasteiger partial charge on any atom is 0.324 e. The zero-order valence-corrected chi connectivity index (χ0v) is 11.7. The highest BCUT2D eigenvalue weighted by molar-refractivity contribution is 6.67. The van der Waals surface area contributed by atoms with Crippen molar-refractivity contribution in [3.63, 3.8) is 0 Å². The Hall–Kier alpha value is -2.07. The number of benzene rings is 2. The molecule has 1 heterocycles. The van der Waals surface area contributed by atoms with Gasteiger partial charge in [0.25, 0.3) is 6.47 Å². The Labute approximate surface area is 119 Å². The van der Waals surface area contributed by atoms with Crippen molar-refractivity contribution >= 4 is 18.9 Å². The van der Waals surface area contributed by atoms with E-state index in [9.17, 15) is 0 Å². The van der Waals surface area contributed by atoms with Gasteiger partial charge in [-0.2, -0.15) is 0 Å². The Bertz CT molecular complexity index is 569. The lowest BCUT2D eigenvalue weighted by Crippen LogP contribution is -2.24. The number of rotatable bonds is 2. The molecule has 3 nitrogen and oxygen atoms in total. The summed E-state index contributed by atoms with van der Waals surface area (Å²) < 4.78 is 9.48. The molecule has 0 atom stereocenters. The van der Waals surface area contributed by atoms with Crippen molar-refractivity contribution in [2.45, 2.75) is 13.4 Å². The molecule has 0 radical (unpaired) electrons. The van der Waals surface area contributed by atoms with Crippen LogP contribution >= 0.6 is 0 Å². The maximum atomic E-state index is 8.95. The summed E-state index contributed by atoms with van der Waals surface area (Å²) in [4.78, 5) is 8.95. The Kier molecular flexibility index (Phi) is 4.96. The van der Waals surface area contributed by atoms with Crippen LogP contribution in [0.4, 0.5) is 0 Å². The Morgan fingerprint density at radius 3 is 2.50 bits per heavy atom. The number of carbonyl (C=O) groups is 1. The molecule has 102 valence electrons. The summed E-state index contributed by atoms with van der Waals surface area (Å²) in [5.41, 5.74) is 5.20. The molecule has 4 heteroatoms. The summed E-state index contributed by atoms with van der Waals surface area (Å²) in [6, 6.07) is 17.1. The fraction of sp³-hybridized carbons (Fsp3) is 0.188. The minimum atomic E-state index is 0.235. The molecular formula is C16H17BO3. The van der Waals surface area contributed by atoms with Gasteiger partial charge in [0.1, 0.15) is 0 Å². The zero-order valence-electron chi connectivity index (χ0n) is 11.7. The highest BCUT2D eigenvalue weighted by atomic mass is 16.5. The molecule has 20 heavy (non-hydrogen) atoms. The lowest BCUT2D eigenvalue weighted by atomic mass is 9.64. The first-order valence-corrected chi connectivity index (χ1v) is 6.52. The van der Waals surface area contributed by atoms with Gasteiger partial charge in [-0.25, -0.2) is 0 Å². The van der Waals surface area contributed by atoms with E-state index in [1.165, 1.54) is 29.3 Å². The van der Waals surface area contributed by atoms with E-state index in [4.69, 9.17) is 9.45 Å². The normalized spacial score (nSPS) is 12.2. The van der Waals surface area contributed by atoms with E-state index in [2.05, 4.69) is 54.0 Å². The average Bonchev–Trinajstić information content (AvgIpc) is 2.89. The van der Waals surface area contributed by atoms with Crippen molar-refractivity contribution in [2.75, 3.05) is 7.11 Å². The van der Waals surface area contributed by atoms with Crippen LogP contribution in [0.1, 0.15) is 5.56 Å². The number of carbonyl (C=O) groups excluding carboxylic acids is 1. The second-order valence-electron chi connectivity index (χ2n) is 4.56. The van der Waals surface area contributed by atoms with Gasteiger partial charge in [0, 0.05) is 0 Å². The predicted molar refractivity (Wildman–Crippen MR) is 81.0 cm³/mol. The molecule has 0 bridgehead atoms. The Morgan fingerprint density at radius 2 is 1.85 bits per heavy atom. The van der Waals surface area contributed by atoms with Gasteiger partial charge in [0.2, 0.25) is 0 Å². The van der Waals surface area contributed by atoms with Crippen molar-refractivity contribution in [1.29, 1.82) is 0 Å². The second kappa shape index (κ2) is 6.92. The molecule has 2 aromatic rings. The van der Waals surface area contributed by atoms with E-state index in [0.717, 1.165) is 6.61 Å². The van der Waals surface area contributed by atoms with Gasteiger partial charge in [0.15, 0.2) is 0 Å². The van der Waals surface area contributed by atoms with Gasteiger partial charge in [-0.15, -0.1) is 0 Å². The van der Waals surface area contributed by atoms with E-state index in [1.54, 1.807) is 0 Å². The first-order valence-electron chi connectivity index (χ1n) is 6.52. The van der Waals surface area contributed by atoms with E-state index in [0.29, 0.717) is 6.47 Å². The second-order valence-corrected chi connectivity index (χ2v) is 4.56. The summed E-state index contributed by atoms with van der Waals surface area (Å²) >= 11 is 0. The van der Waals surface area contributed by atoms with Crippen LogP contribution in [-0.4, -0.2) is 20.5 Å². The van der Waals surface area contributed by atoms with Crippen LogP contribution < -0.4 is 5.46 Å². The highest BCUT2D eigenvalue weighted by Gasteiger charge is 2.23. The first-order chi connectivity index (χ1) is 9.76. The number of fused-ring (bicyclic) bond motifs is 1. The van der Waals surface area contributed by atoms with E-state index < -0.39 is 0 Å². The van der Waals surface area contributed by atoms with Gasteiger partial charge >= 0.3 is 6.92 Å². The van der Waals surface area contributed by atoms with Gasteiger partial charge in [0.05, 0.1) is 13.7 Å². The van der Waals surface area contributed by atoms with Crippen LogP contribution in [0.15, 0.2) is 48.5 Å². The molecule has 0 unspecified atom stereocenters. The zero-order chi connectivity index (χ0) is 14.4. The number of ether oxygens (including phenoxy) is 1. The average molecular weight is 268 g/mol. The number of hydrogen-bond donors (Lipinski definition) is 0. The van der Waals surface area contributed by atoms with Gasteiger partial charge < -0.3 is 9.39 Å². The SMILES string of the molecule is CB1OCc2ccc(-c3ccccc3)cc21.COC=O. The highest BCUT2D eigenvalue weighted by Crippen LogP contribution is 2.21. The predicted octanol–water partition coefficient (Wildman–Crippen LogP) is 2.50. The molecular weight excluding hydrogens is 251 g/mol. The van der Waals surface area contributed by atoms with Crippen molar-refractivity contribution in [3.8, 4) is 11.1 Å². The largest absolute Gasteiger partial charge is 0.471 e. The van der Waals surface area contributed by atoms with E-state index in [1.807, 2.05) is 6.07 Å². The molecule has 0 saturated heterocycles. The van der Waals surface area contributed by atoms with Gasteiger partial charge in [-0.05, 0) is 22.2 Å². The Morgan fingerprint density at radius 1 is 1.15 bits per heavy atom. The van der Waals surface area contributed by atoms with Crippen molar-refractivity contribution in [3.05, 3.63) is 54.1 Å². The summed E-state index contributed by atoms with van der Waals surface area (Å²) in [6.07, 6.45) is 0. The minimum absolute atomic E-state index is 0.235. The quantitative estimate of drug-likeness (QED) is 0.620. The van der Waals surface area contributed by atoms with Crippen LogP contribution in [0, 0.1) is 0 Å². The molecule has 0 amide bonds. The molecule has 1 aliphatic rings. The van der Waals surface area contributed by atoms with Crippen LogP contribution in [-0.2, 0) is 20.8 Å². The fourth-order valence-corrected chi connectivity index (χ4v) is 2.22. The maximum absolute atomic E-state index is 8.95. The minimum Gasteiger partial charge on any atom is -0.471 e. The molecule has 0 aromatic heterocycles. The molecule has 0 N–H and O–H groups in total. The monoisotopic (exact) mass is 268 g/mol. The fourth-order valence-electron chi connectivity index (χ4n) is 2.22. The molecule has 0 fully saturated rings. The first kappa shape index (κ1) is 14.3. The molecule has 3 rings (SSSR count). The third-order valence-corrected chi connectivity index (χ3v) is 3.28.